The summed E-state index contributed by atoms with van der Waals surface area (Å²) >= 11 is 3.57. The van der Waals surface area contributed by atoms with E-state index in [9.17, 15) is 0 Å². The van der Waals surface area contributed by atoms with E-state index in [2.05, 4.69) is 51.4 Å². The zero-order valence-corrected chi connectivity index (χ0v) is 11.8. The molecule has 0 amide bonds. The van der Waals surface area contributed by atoms with Crippen molar-refractivity contribution in [1.82, 2.24) is 14.9 Å². The van der Waals surface area contributed by atoms with Crippen LogP contribution >= 0.6 is 15.9 Å². The summed E-state index contributed by atoms with van der Waals surface area (Å²) in [7, 11) is 3.97. The molecule has 1 heterocycles. The van der Waals surface area contributed by atoms with Crippen molar-refractivity contribution in [2.75, 3.05) is 7.05 Å². The zero-order valence-electron chi connectivity index (χ0n) is 10.2. The fourth-order valence-corrected chi connectivity index (χ4v) is 2.40. The normalized spacial score (nSPS) is 12.7. The third kappa shape index (κ3) is 2.28. The maximum Gasteiger partial charge on any atom is 0.130 e. The van der Waals surface area contributed by atoms with Crippen molar-refractivity contribution in [2.24, 2.45) is 7.05 Å². The Bertz CT molecular complexity index is 519. The Kier molecular flexibility index (Phi) is 3.64. The molecule has 17 heavy (non-hydrogen) atoms. The monoisotopic (exact) mass is 293 g/mol. The van der Waals surface area contributed by atoms with Crippen molar-refractivity contribution < 1.29 is 0 Å². The first kappa shape index (κ1) is 12.3. The van der Waals surface area contributed by atoms with Gasteiger partial charge in [0.2, 0.25) is 0 Å². The van der Waals surface area contributed by atoms with Crippen LogP contribution in [0.5, 0.6) is 0 Å². The molecule has 1 aromatic carbocycles. The van der Waals surface area contributed by atoms with E-state index in [0.29, 0.717) is 0 Å². The van der Waals surface area contributed by atoms with Gasteiger partial charge in [-0.2, -0.15) is 0 Å². The van der Waals surface area contributed by atoms with Gasteiger partial charge in [0.05, 0.1) is 6.04 Å². The van der Waals surface area contributed by atoms with Crippen LogP contribution in [0.15, 0.2) is 35.1 Å². The highest BCUT2D eigenvalue weighted by atomic mass is 79.9. The molecule has 1 N–H and O–H groups in total. The van der Waals surface area contributed by atoms with E-state index in [1.807, 2.05) is 31.1 Å². The molecule has 0 aliphatic rings. The van der Waals surface area contributed by atoms with Crippen molar-refractivity contribution >= 4 is 15.9 Å². The van der Waals surface area contributed by atoms with E-state index >= 15 is 0 Å². The molecule has 0 aliphatic carbocycles. The van der Waals surface area contributed by atoms with Crippen molar-refractivity contribution in [2.45, 2.75) is 13.0 Å². The second-order valence-electron chi connectivity index (χ2n) is 4.07. The molecular weight excluding hydrogens is 278 g/mol. The summed E-state index contributed by atoms with van der Waals surface area (Å²) in [6.45, 7) is 2.12. The van der Waals surface area contributed by atoms with Crippen LogP contribution in [0.25, 0.3) is 0 Å². The lowest BCUT2D eigenvalue weighted by Gasteiger charge is -2.19. The number of aromatic nitrogens is 2. The Balaban J connectivity index is 2.50. The predicted octanol–water partition coefficient (Wildman–Crippen LogP) is 2.80. The number of imidazole rings is 1. The van der Waals surface area contributed by atoms with Gasteiger partial charge in [0.25, 0.3) is 0 Å². The third-order valence-electron chi connectivity index (χ3n) is 3.03. The highest BCUT2D eigenvalue weighted by molar-refractivity contribution is 9.10. The van der Waals surface area contributed by atoms with Crippen LogP contribution in [0.4, 0.5) is 0 Å². The molecule has 0 spiro atoms. The Labute approximate surface area is 110 Å². The molecule has 2 rings (SSSR count). The second-order valence-corrected chi connectivity index (χ2v) is 4.93. The van der Waals surface area contributed by atoms with Gasteiger partial charge in [-0.3, -0.25) is 0 Å². The van der Waals surface area contributed by atoms with Crippen LogP contribution in [0, 0.1) is 6.92 Å². The molecule has 4 heteroatoms. The lowest BCUT2D eigenvalue weighted by atomic mass is 10.0. The summed E-state index contributed by atoms with van der Waals surface area (Å²) in [6.07, 6.45) is 3.79. The molecule has 0 radical (unpaired) electrons. The van der Waals surface area contributed by atoms with Crippen LogP contribution in [0.1, 0.15) is 23.0 Å². The molecule has 2 aromatic rings. The number of nitrogens with one attached hydrogen (secondary N) is 1. The summed E-state index contributed by atoms with van der Waals surface area (Å²) in [6, 6.07) is 6.37. The van der Waals surface area contributed by atoms with Gasteiger partial charge in [-0.05, 0) is 31.2 Å². The van der Waals surface area contributed by atoms with Gasteiger partial charge < -0.3 is 9.88 Å². The van der Waals surface area contributed by atoms with Crippen molar-refractivity contribution in [3.63, 3.8) is 0 Å². The van der Waals surface area contributed by atoms with Crippen LogP contribution in [0.3, 0.4) is 0 Å². The minimum Gasteiger partial charge on any atom is -0.336 e. The lowest BCUT2D eigenvalue weighted by Crippen LogP contribution is -2.22. The van der Waals surface area contributed by atoms with E-state index in [0.717, 1.165) is 10.3 Å². The number of nitrogens with zero attached hydrogens (tertiary/aromatic N) is 2. The summed E-state index contributed by atoms with van der Waals surface area (Å²) in [5, 5.41) is 3.33. The fourth-order valence-electron chi connectivity index (χ4n) is 2.02. The Morgan fingerprint density at radius 2 is 2.18 bits per heavy atom. The zero-order chi connectivity index (χ0) is 12.4. The van der Waals surface area contributed by atoms with Crippen LogP contribution in [-0.4, -0.2) is 16.6 Å². The highest BCUT2D eigenvalue weighted by Gasteiger charge is 2.18. The third-order valence-corrected chi connectivity index (χ3v) is 3.89. The Morgan fingerprint density at radius 3 is 2.76 bits per heavy atom. The van der Waals surface area contributed by atoms with Gasteiger partial charge in [0, 0.05) is 23.9 Å². The van der Waals surface area contributed by atoms with Crippen molar-refractivity contribution in [3.05, 3.63) is 52.0 Å². The van der Waals surface area contributed by atoms with E-state index in [1.165, 1.54) is 11.1 Å². The standard InChI is InChI=1S/C13H16BrN3/c1-9-10(5-4-6-11(9)14)12(15-2)13-16-7-8-17(13)3/h4-8,12,15H,1-3H3. The molecule has 1 atom stereocenters. The Morgan fingerprint density at radius 1 is 1.41 bits per heavy atom. The highest BCUT2D eigenvalue weighted by Crippen LogP contribution is 2.27. The molecule has 90 valence electrons. The molecule has 1 aromatic heterocycles. The number of hydrogen-bond acceptors (Lipinski definition) is 2. The summed E-state index contributed by atoms with van der Waals surface area (Å²) in [4.78, 5) is 4.42. The van der Waals surface area contributed by atoms with Crippen molar-refractivity contribution in [1.29, 1.82) is 0 Å². The van der Waals surface area contributed by atoms with Gasteiger partial charge in [-0.1, -0.05) is 28.1 Å². The molecule has 0 saturated carbocycles. The Hall–Kier alpha value is -1.13. The average Bonchev–Trinajstić information content (AvgIpc) is 2.72. The summed E-state index contributed by atoms with van der Waals surface area (Å²) in [5.41, 5.74) is 2.49. The summed E-state index contributed by atoms with van der Waals surface area (Å²) in [5.74, 6) is 1.02. The first-order valence-electron chi connectivity index (χ1n) is 5.54. The van der Waals surface area contributed by atoms with Gasteiger partial charge >= 0.3 is 0 Å². The average molecular weight is 294 g/mol. The number of benzene rings is 1. The first-order chi connectivity index (χ1) is 8.15. The molecule has 0 saturated heterocycles. The largest absolute Gasteiger partial charge is 0.336 e. The maximum atomic E-state index is 4.42. The fraction of sp³-hybridized carbons (Fsp3) is 0.308. The number of halogens is 1. The van der Waals surface area contributed by atoms with Gasteiger partial charge in [-0.15, -0.1) is 0 Å². The van der Waals surface area contributed by atoms with Crippen LogP contribution in [-0.2, 0) is 7.05 Å². The number of rotatable bonds is 3. The molecule has 0 aliphatic heterocycles. The topological polar surface area (TPSA) is 29.9 Å². The van der Waals surface area contributed by atoms with E-state index in [-0.39, 0.29) is 6.04 Å². The smallest absolute Gasteiger partial charge is 0.130 e. The van der Waals surface area contributed by atoms with Gasteiger partial charge in [0.1, 0.15) is 5.82 Å². The molecule has 1 unspecified atom stereocenters. The predicted molar refractivity (Wildman–Crippen MR) is 73.0 cm³/mol. The lowest BCUT2D eigenvalue weighted by molar-refractivity contribution is 0.614. The minimum absolute atomic E-state index is 0.118. The molecular formula is C13H16BrN3. The molecule has 0 bridgehead atoms. The minimum atomic E-state index is 0.118. The van der Waals surface area contributed by atoms with Gasteiger partial charge in [0.15, 0.2) is 0 Å². The van der Waals surface area contributed by atoms with Crippen LogP contribution in [0.2, 0.25) is 0 Å². The molecule has 3 nitrogen and oxygen atoms in total. The van der Waals surface area contributed by atoms with Gasteiger partial charge in [-0.25, -0.2) is 4.98 Å². The van der Waals surface area contributed by atoms with Crippen LogP contribution < -0.4 is 5.32 Å². The van der Waals surface area contributed by atoms with Crippen molar-refractivity contribution in [3.8, 4) is 0 Å². The molecule has 0 fully saturated rings. The number of aryl methyl sites for hydroxylation is 1. The maximum absolute atomic E-state index is 4.42. The second kappa shape index (κ2) is 5.02. The van der Waals surface area contributed by atoms with E-state index in [1.54, 1.807) is 0 Å². The summed E-state index contributed by atoms with van der Waals surface area (Å²) < 4.78 is 3.17. The first-order valence-corrected chi connectivity index (χ1v) is 6.34. The van der Waals surface area contributed by atoms with E-state index < -0.39 is 0 Å². The van der Waals surface area contributed by atoms with E-state index in [4.69, 9.17) is 0 Å². The SMILES string of the molecule is CNC(c1cccc(Br)c1C)c1nccn1C. The number of hydrogen-bond donors (Lipinski definition) is 1. The quantitative estimate of drug-likeness (QED) is 0.943.